The molecule has 200 valence electrons. The number of likely N-dealkylation sites (N-methyl/N-ethyl adjacent to an activating group) is 1. The summed E-state index contributed by atoms with van der Waals surface area (Å²) in [6.07, 6.45) is 4.32. The van der Waals surface area contributed by atoms with Gasteiger partial charge in [0.05, 0.1) is 19.0 Å². The Morgan fingerprint density at radius 1 is 1.16 bits per heavy atom. The quantitative estimate of drug-likeness (QED) is 0.217. The van der Waals surface area contributed by atoms with Crippen molar-refractivity contribution in [3.05, 3.63) is 48.1 Å². The van der Waals surface area contributed by atoms with Crippen molar-refractivity contribution >= 4 is 40.2 Å². The van der Waals surface area contributed by atoms with Crippen LogP contribution >= 0.6 is 0 Å². The Labute approximate surface area is 221 Å². The summed E-state index contributed by atoms with van der Waals surface area (Å²) < 4.78 is 5.50. The average Bonchev–Trinajstić information content (AvgIpc) is 2.88. The zero-order valence-electron chi connectivity index (χ0n) is 22.2. The molecule has 0 saturated carbocycles. The number of amidine groups is 1. The van der Waals surface area contributed by atoms with E-state index in [1.807, 2.05) is 20.8 Å². The molecule has 1 fully saturated rings. The molecule has 12 nitrogen and oxygen atoms in total. The van der Waals surface area contributed by atoms with Crippen LogP contribution in [0.5, 0.6) is 5.75 Å². The Hall–Kier alpha value is -4.32. The lowest BCUT2D eigenvalue weighted by molar-refractivity contribution is 0.0977. The fourth-order valence-electron chi connectivity index (χ4n) is 3.75. The molecule has 1 saturated heterocycles. The standard InChI is InChI=1S/C26H33N9O3/c1-26(2,3)20(36)13-21(27)32-24(37)16-6-7-19(38-5)17(12-16)31-23-22-18(29-15-30-23)14-28-25(33-22)35-10-8-34(4)9-11-35/h6-7,12-15,36H,8-11H2,1-5H3,(H2,27,32,37)(H,29,30,31)/b20-13-. The SMILES string of the molecule is COc1ccc(C(=O)NC(=N)/C=C(\O)C(C)(C)C)cc1Nc1ncnc2cnc(N3CCN(C)CC3)nc12. The van der Waals surface area contributed by atoms with E-state index in [9.17, 15) is 9.90 Å². The monoisotopic (exact) mass is 519 g/mol. The molecule has 4 rings (SSSR count). The van der Waals surface area contributed by atoms with E-state index in [2.05, 4.69) is 42.4 Å². The topological polar surface area (TPSA) is 152 Å². The number of allylic oxidation sites excluding steroid dienone is 1. The summed E-state index contributed by atoms with van der Waals surface area (Å²) in [5, 5.41) is 23.9. The normalized spacial score (nSPS) is 14.9. The molecule has 0 bridgehead atoms. The number of benzene rings is 1. The number of nitrogens with zero attached hydrogens (tertiary/aromatic N) is 6. The van der Waals surface area contributed by atoms with Crippen molar-refractivity contribution in [3.8, 4) is 5.75 Å². The van der Waals surface area contributed by atoms with Gasteiger partial charge >= 0.3 is 0 Å². The molecule has 3 aromatic rings. The lowest BCUT2D eigenvalue weighted by Crippen LogP contribution is -2.45. The van der Waals surface area contributed by atoms with Crippen LogP contribution in [-0.4, -0.2) is 82.0 Å². The van der Waals surface area contributed by atoms with Gasteiger partial charge in [-0.15, -0.1) is 0 Å². The van der Waals surface area contributed by atoms with Crippen LogP contribution < -0.4 is 20.3 Å². The summed E-state index contributed by atoms with van der Waals surface area (Å²) in [6.45, 7) is 8.92. The van der Waals surface area contributed by atoms with Gasteiger partial charge in [-0.2, -0.15) is 0 Å². The first-order chi connectivity index (χ1) is 18.0. The van der Waals surface area contributed by atoms with E-state index in [0.29, 0.717) is 34.2 Å². The second-order valence-corrected chi connectivity index (χ2v) is 10.1. The van der Waals surface area contributed by atoms with Gasteiger partial charge in [-0.3, -0.25) is 10.2 Å². The van der Waals surface area contributed by atoms with E-state index < -0.39 is 11.3 Å². The van der Waals surface area contributed by atoms with E-state index >= 15 is 0 Å². The molecule has 12 heteroatoms. The van der Waals surface area contributed by atoms with Gasteiger partial charge in [-0.1, -0.05) is 20.8 Å². The van der Waals surface area contributed by atoms with Gasteiger partial charge in [0.25, 0.3) is 5.91 Å². The molecule has 1 aromatic carbocycles. The van der Waals surface area contributed by atoms with Crippen molar-refractivity contribution in [3.63, 3.8) is 0 Å². The lowest BCUT2D eigenvalue weighted by atomic mass is 9.93. The Morgan fingerprint density at radius 2 is 1.89 bits per heavy atom. The molecule has 0 radical (unpaired) electrons. The molecule has 3 heterocycles. The van der Waals surface area contributed by atoms with E-state index in [-0.39, 0.29) is 17.2 Å². The summed E-state index contributed by atoms with van der Waals surface area (Å²) in [4.78, 5) is 35.2. The predicted molar refractivity (Wildman–Crippen MR) is 146 cm³/mol. The van der Waals surface area contributed by atoms with Crippen LogP contribution in [0.3, 0.4) is 0 Å². The fraction of sp³-hybridized carbons (Fsp3) is 0.385. The molecule has 2 aromatic heterocycles. The van der Waals surface area contributed by atoms with Crippen LogP contribution in [0.2, 0.25) is 0 Å². The third kappa shape index (κ3) is 6.14. The number of fused-ring (bicyclic) bond motifs is 1. The van der Waals surface area contributed by atoms with Crippen LogP contribution in [0.25, 0.3) is 11.0 Å². The molecule has 1 aliphatic rings. The molecule has 4 N–H and O–H groups in total. The van der Waals surface area contributed by atoms with Gasteiger partial charge in [0.1, 0.15) is 34.7 Å². The maximum Gasteiger partial charge on any atom is 0.256 e. The third-order valence-electron chi connectivity index (χ3n) is 6.16. The first kappa shape index (κ1) is 26.7. The molecule has 0 aliphatic carbocycles. The van der Waals surface area contributed by atoms with E-state index in [1.165, 1.54) is 19.5 Å². The Morgan fingerprint density at radius 3 is 2.58 bits per heavy atom. The van der Waals surface area contributed by atoms with Crippen molar-refractivity contribution < 1.29 is 14.6 Å². The van der Waals surface area contributed by atoms with Crippen LogP contribution in [0, 0.1) is 10.8 Å². The zero-order chi connectivity index (χ0) is 27.4. The largest absolute Gasteiger partial charge is 0.512 e. The summed E-state index contributed by atoms with van der Waals surface area (Å²) >= 11 is 0. The summed E-state index contributed by atoms with van der Waals surface area (Å²) in [6, 6.07) is 4.84. The number of nitrogens with one attached hydrogen (secondary N) is 3. The van der Waals surface area contributed by atoms with Gasteiger partial charge in [0, 0.05) is 43.2 Å². The number of methoxy groups -OCH3 is 1. The highest BCUT2D eigenvalue weighted by Crippen LogP contribution is 2.30. The number of ether oxygens (including phenoxy) is 1. The predicted octanol–water partition coefficient (Wildman–Crippen LogP) is 3.12. The molecule has 38 heavy (non-hydrogen) atoms. The Bertz CT molecular complexity index is 1380. The molecule has 0 unspecified atom stereocenters. The number of aliphatic hydroxyl groups excluding tert-OH is 1. The molecular formula is C26H33N9O3. The molecule has 1 aliphatic heterocycles. The smallest absolute Gasteiger partial charge is 0.256 e. The van der Waals surface area contributed by atoms with E-state index in [0.717, 1.165) is 26.2 Å². The number of aliphatic hydroxyl groups is 1. The van der Waals surface area contributed by atoms with Crippen LogP contribution in [0.1, 0.15) is 31.1 Å². The highest BCUT2D eigenvalue weighted by atomic mass is 16.5. The number of anilines is 3. The van der Waals surface area contributed by atoms with Crippen LogP contribution in [0.4, 0.5) is 17.5 Å². The van der Waals surface area contributed by atoms with Crippen molar-refractivity contribution in [2.24, 2.45) is 5.41 Å². The summed E-state index contributed by atoms with van der Waals surface area (Å²) in [7, 11) is 3.62. The van der Waals surface area contributed by atoms with Gasteiger partial charge < -0.3 is 30.3 Å². The third-order valence-corrected chi connectivity index (χ3v) is 6.16. The summed E-state index contributed by atoms with van der Waals surface area (Å²) in [5.41, 5.74) is 1.35. The van der Waals surface area contributed by atoms with E-state index in [1.54, 1.807) is 24.4 Å². The second kappa shape index (κ2) is 11.0. The molecule has 1 amide bonds. The average molecular weight is 520 g/mol. The maximum absolute atomic E-state index is 12.9. The minimum Gasteiger partial charge on any atom is -0.512 e. The molecule has 0 atom stereocenters. The summed E-state index contributed by atoms with van der Waals surface area (Å²) in [5.74, 6) is 0.798. The lowest BCUT2D eigenvalue weighted by Gasteiger charge is -2.32. The number of aromatic nitrogens is 4. The van der Waals surface area contributed by atoms with Crippen LogP contribution in [-0.2, 0) is 0 Å². The second-order valence-electron chi connectivity index (χ2n) is 10.1. The van der Waals surface area contributed by atoms with Gasteiger partial charge in [0.2, 0.25) is 5.95 Å². The number of carbonyl (C=O) groups excluding carboxylic acids is 1. The highest BCUT2D eigenvalue weighted by molar-refractivity contribution is 6.09. The first-order valence-corrected chi connectivity index (χ1v) is 12.2. The minimum atomic E-state index is -0.539. The van der Waals surface area contributed by atoms with Crippen molar-refractivity contribution in [2.75, 3.05) is 50.6 Å². The number of carbonyl (C=O) groups is 1. The zero-order valence-corrected chi connectivity index (χ0v) is 22.2. The van der Waals surface area contributed by atoms with Gasteiger partial charge in [-0.25, -0.2) is 19.9 Å². The number of hydrogen-bond acceptors (Lipinski definition) is 11. The van der Waals surface area contributed by atoms with Crippen molar-refractivity contribution in [2.45, 2.75) is 20.8 Å². The number of piperazine rings is 1. The molecule has 0 spiro atoms. The van der Waals surface area contributed by atoms with Gasteiger partial charge in [-0.05, 0) is 25.2 Å². The fourth-order valence-corrected chi connectivity index (χ4v) is 3.75. The minimum absolute atomic E-state index is 0.00606. The highest BCUT2D eigenvalue weighted by Gasteiger charge is 2.20. The Balaban J connectivity index is 1.60. The van der Waals surface area contributed by atoms with Crippen LogP contribution in [0.15, 0.2) is 42.6 Å². The van der Waals surface area contributed by atoms with Crippen molar-refractivity contribution in [1.82, 2.24) is 30.2 Å². The van der Waals surface area contributed by atoms with Crippen molar-refractivity contribution in [1.29, 1.82) is 5.41 Å². The maximum atomic E-state index is 12.9. The first-order valence-electron chi connectivity index (χ1n) is 12.2. The number of amides is 1. The van der Waals surface area contributed by atoms with E-state index in [4.69, 9.17) is 15.1 Å². The molecular weight excluding hydrogens is 486 g/mol. The number of rotatable bonds is 6. The number of hydrogen-bond donors (Lipinski definition) is 4. The Kier molecular flexibility index (Phi) is 7.72. The van der Waals surface area contributed by atoms with Gasteiger partial charge in [0.15, 0.2) is 5.82 Å².